The monoisotopic (exact) mass is 604 g/mol. The van der Waals surface area contributed by atoms with Gasteiger partial charge in [0.05, 0.1) is 45.5 Å². The molecule has 9 nitrogen and oxygen atoms in total. The van der Waals surface area contributed by atoms with E-state index in [0.717, 1.165) is 29.2 Å². The van der Waals surface area contributed by atoms with Gasteiger partial charge in [0.15, 0.2) is 0 Å². The molecule has 0 bridgehead atoms. The quantitative estimate of drug-likeness (QED) is 0.155. The second kappa shape index (κ2) is 15.9. The lowest BCUT2D eigenvalue weighted by Crippen LogP contribution is -2.47. The molecule has 0 saturated heterocycles. The van der Waals surface area contributed by atoms with Crippen LogP contribution in [-0.2, 0) is 62.6 Å². The molecule has 11 heteroatoms. The Bertz CT molecular complexity index is 1410. The van der Waals surface area contributed by atoms with Crippen molar-refractivity contribution >= 4 is 20.2 Å². The second-order valence-electron chi connectivity index (χ2n) is 9.44. The third-order valence-electron chi connectivity index (χ3n) is 5.78. The number of benzene rings is 3. The Morgan fingerprint density at radius 2 is 1.15 bits per heavy atom. The predicted octanol–water partition coefficient (Wildman–Crippen LogP) is 4.25. The highest BCUT2D eigenvalue weighted by atomic mass is 32.2. The minimum atomic E-state index is -3.98. The zero-order valence-electron chi connectivity index (χ0n) is 23.1. The van der Waals surface area contributed by atoms with Crippen LogP contribution in [0.15, 0.2) is 103 Å². The first-order chi connectivity index (χ1) is 19.5. The van der Waals surface area contributed by atoms with Gasteiger partial charge in [-0.25, -0.2) is 0 Å². The van der Waals surface area contributed by atoms with E-state index in [9.17, 15) is 16.8 Å². The Balaban J connectivity index is 1.94. The van der Waals surface area contributed by atoms with E-state index in [-0.39, 0.29) is 32.0 Å². The van der Waals surface area contributed by atoms with Crippen molar-refractivity contribution in [2.24, 2.45) is 0 Å². The van der Waals surface area contributed by atoms with Crippen LogP contribution in [0.4, 0.5) is 0 Å². The smallest absolute Gasteiger partial charge is 0.264 e. The van der Waals surface area contributed by atoms with Crippen LogP contribution in [0, 0.1) is 0 Å². The minimum Gasteiger partial charge on any atom is -0.374 e. The van der Waals surface area contributed by atoms with Crippen LogP contribution in [-0.4, -0.2) is 60.9 Å². The topological polar surface area (TPSA) is 114 Å². The molecule has 3 aromatic carbocycles. The molecule has 0 unspecified atom stereocenters. The van der Waals surface area contributed by atoms with Gasteiger partial charge in [-0.1, -0.05) is 97.6 Å². The molecule has 0 aromatic heterocycles. The average molecular weight is 605 g/mol. The summed E-state index contributed by atoms with van der Waals surface area (Å²) >= 11 is 0. The molecule has 0 radical (unpaired) electrons. The highest BCUT2D eigenvalue weighted by molar-refractivity contribution is 7.86. The lowest BCUT2D eigenvalue weighted by Gasteiger charge is -2.34. The molecular formula is C30H36O9S2. The molecule has 0 spiro atoms. The van der Waals surface area contributed by atoms with E-state index in [1.54, 1.807) is 0 Å². The van der Waals surface area contributed by atoms with Crippen LogP contribution in [0.2, 0.25) is 0 Å². The van der Waals surface area contributed by atoms with Crippen molar-refractivity contribution in [3.63, 3.8) is 0 Å². The Morgan fingerprint density at radius 1 is 0.683 bits per heavy atom. The molecule has 0 aliphatic rings. The van der Waals surface area contributed by atoms with Gasteiger partial charge in [-0.15, -0.1) is 0 Å². The van der Waals surface area contributed by atoms with Crippen molar-refractivity contribution in [1.29, 1.82) is 0 Å². The van der Waals surface area contributed by atoms with Gasteiger partial charge in [-0.2, -0.15) is 16.8 Å². The standard InChI is InChI=1S/C30H36O9S2/c1-24(19-38-40(2,31)32)29(36-21-26-15-9-5-10-16-26)30(37-22-27-17-11-6-12-18-27)28(39-41(3,33)34)23-35-20-25-13-7-4-8-14-25/h4-18,28-30H,1,19-23H2,2-3H3/t28-,29+,30+/m0/s1. The van der Waals surface area contributed by atoms with Crippen LogP contribution < -0.4 is 0 Å². The third kappa shape index (κ3) is 12.7. The number of hydrogen-bond acceptors (Lipinski definition) is 9. The SMILES string of the molecule is C=C(COS(C)(=O)=O)[C@@H](OCc1ccccc1)[C@H](OCc1ccccc1)[C@H](COCc1ccccc1)OS(C)(=O)=O. The summed E-state index contributed by atoms with van der Waals surface area (Å²) < 4.78 is 77.2. The predicted molar refractivity (Wildman–Crippen MR) is 156 cm³/mol. The van der Waals surface area contributed by atoms with Crippen LogP contribution in [0.5, 0.6) is 0 Å². The highest BCUT2D eigenvalue weighted by Gasteiger charge is 2.37. The number of hydrogen-bond donors (Lipinski definition) is 0. The van der Waals surface area contributed by atoms with Gasteiger partial charge in [-0.05, 0) is 22.3 Å². The average Bonchev–Trinajstić information content (AvgIpc) is 2.93. The van der Waals surface area contributed by atoms with Crippen LogP contribution in [0.3, 0.4) is 0 Å². The van der Waals surface area contributed by atoms with Crippen molar-refractivity contribution in [1.82, 2.24) is 0 Å². The molecule has 0 amide bonds. The maximum Gasteiger partial charge on any atom is 0.264 e. The fourth-order valence-electron chi connectivity index (χ4n) is 3.90. The van der Waals surface area contributed by atoms with Gasteiger partial charge in [0.25, 0.3) is 20.2 Å². The van der Waals surface area contributed by atoms with Gasteiger partial charge in [0.1, 0.15) is 18.3 Å². The van der Waals surface area contributed by atoms with E-state index in [2.05, 4.69) is 6.58 Å². The first-order valence-electron chi connectivity index (χ1n) is 12.8. The largest absolute Gasteiger partial charge is 0.374 e. The van der Waals surface area contributed by atoms with E-state index in [1.807, 2.05) is 91.0 Å². The summed E-state index contributed by atoms with van der Waals surface area (Å²) in [6.45, 7) is 3.82. The number of rotatable bonds is 18. The molecule has 0 saturated carbocycles. The molecule has 0 heterocycles. The van der Waals surface area contributed by atoms with E-state index < -0.39 is 45.2 Å². The highest BCUT2D eigenvalue weighted by Crippen LogP contribution is 2.24. The van der Waals surface area contributed by atoms with Gasteiger partial charge in [-0.3, -0.25) is 8.37 Å². The van der Waals surface area contributed by atoms with Crippen molar-refractivity contribution in [2.75, 3.05) is 25.7 Å². The van der Waals surface area contributed by atoms with Gasteiger partial charge in [0.2, 0.25) is 0 Å². The van der Waals surface area contributed by atoms with Crippen LogP contribution in [0.1, 0.15) is 16.7 Å². The molecular weight excluding hydrogens is 568 g/mol. The summed E-state index contributed by atoms with van der Waals surface area (Å²) in [6, 6.07) is 28.0. The first kappa shape index (κ1) is 32.6. The molecule has 41 heavy (non-hydrogen) atoms. The Hall–Kier alpha value is -2.90. The summed E-state index contributed by atoms with van der Waals surface area (Å²) in [5.74, 6) is 0. The van der Waals surface area contributed by atoms with Crippen molar-refractivity contribution in [2.45, 2.75) is 38.1 Å². The minimum absolute atomic E-state index is 0.0826. The molecule has 3 rings (SSSR count). The first-order valence-corrected chi connectivity index (χ1v) is 16.5. The van der Waals surface area contributed by atoms with Gasteiger partial charge in [0, 0.05) is 0 Å². The molecule has 3 aromatic rings. The summed E-state index contributed by atoms with van der Waals surface area (Å²) in [5, 5.41) is 0. The fourth-order valence-corrected chi connectivity index (χ4v) is 4.88. The van der Waals surface area contributed by atoms with Crippen LogP contribution in [0.25, 0.3) is 0 Å². The van der Waals surface area contributed by atoms with Gasteiger partial charge >= 0.3 is 0 Å². The molecule has 0 aliphatic heterocycles. The van der Waals surface area contributed by atoms with Crippen molar-refractivity contribution in [3.8, 4) is 0 Å². The third-order valence-corrected chi connectivity index (χ3v) is 6.92. The Labute approximate surface area is 242 Å². The summed E-state index contributed by atoms with van der Waals surface area (Å²) in [6.07, 6.45) is -1.43. The van der Waals surface area contributed by atoms with E-state index in [0.29, 0.717) is 0 Å². The molecule has 3 atom stereocenters. The van der Waals surface area contributed by atoms with Crippen LogP contribution >= 0.6 is 0 Å². The normalized spacial score (nSPS) is 14.3. The van der Waals surface area contributed by atoms with Gasteiger partial charge < -0.3 is 14.2 Å². The zero-order chi connectivity index (χ0) is 29.7. The molecule has 222 valence electrons. The maximum absolute atomic E-state index is 12.4. The molecule has 0 aliphatic carbocycles. The fraction of sp³-hybridized carbons (Fsp3) is 0.333. The maximum atomic E-state index is 12.4. The second-order valence-corrected chi connectivity index (χ2v) is 12.7. The summed E-state index contributed by atoms with van der Waals surface area (Å²) in [4.78, 5) is 0. The van der Waals surface area contributed by atoms with Crippen molar-refractivity contribution < 1.29 is 39.4 Å². The zero-order valence-corrected chi connectivity index (χ0v) is 24.8. The number of ether oxygens (including phenoxy) is 3. The molecule has 0 fully saturated rings. The van der Waals surface area contributed by atoms with E-state index in [1.165, 1.54) is 0 Å². The van der Waals surface area contributed by atoms with E-state index >= 15 is 0 Å². The Kier molecular flexibility index (Phi) is 12.7. The van der Waals surface area contributed by atoms with E-state index in [4.69, 9.17) is 22.6 Å². The summed E-state index contributed by atoms with van der Waals surface area (Å²) in [5.41, 5.74) is 2.75. The lowest BCUT2D eigenvalue weighted by atomic mass is 10.0. The Morgan fingerprint density at radius 3 is 1.61 bits per heavy atom. The molecule has 0 N–H and O–H groups in total. The summed E-state index contributed by atoms with van der Waals surface area (Å²) in [7, 11) is -7.78. The lowest BCUT2D eigenvalue weighted by molar-refractivity contribution is -0.129. The van der Waals surface area contributed by atoms with Crippen molar-refractivity contribution in [3.05, 3.63) is 120 Å².